The van der Waals surface area contributed by atoms with Crippen LogP contribution in [0.3, 0.4) is 0 Å². The van der Waals surface area contributed by atoms with E-state index in [0.29, 0.717) is 18.3 Å². The fraction of sp³-hybridized carbons (Fsp3) is 0.375. The summed E-state index contributed by atoms with van der Waals surface area (Å²) >= 11 is 0. The van der Waals surface area contributed by atoms with Gasteiger partial charge in [0.05, 0.1) is 32.1 Å². The predicted octanol–water partition coefficient (Wildman–Crippen LogP) is 2.55. The summed E-state index contributed by atoms with van der Waals surface area (Å²) in [6.07, 6.45) is 3.95. The third-order valence-electron chi connectivity index (χ3n) is 6.34. The highest BCUT2D eigenvalue weighted by molar-refractivity contribution is 6.00. The molecule has 3 heterocycles. The van der Waals surface area contributed by atoms with E-state index in [-0.39, 0.29) is 0 Å². The van der Waals surface area contributed by atoms with E-state index < -0.39 is 0 Å². The van der Waals surface area contributed by atoms with Crippen LogP contribution in [0.25, 0.3) is 33.1 Å². The van der Waals surface area contributed by atoms with Crippen molar-refractivity contribution in [1.82, 2.24) is 19.7 Å². The summed E-state index contributed by atoms with van der Waals surface area (Å²) in [4.78, 5) is 10.4. The molecule has 0 amide bonds. The number of nitrogen functional groups attached to an aromatic ring is 1. The van der Waals surface area contributed by atoms with Crippen LogP contribution in [0.2, 0.25) is 0 Å². The molecule has 0 aliphatic carbocycles. The molecular formula is C24H29N6O+. The van der Waals surface area contributed by atoms with Crippen LogP contribution >= 0.6 is 0 Å². The standard InChI is InChI=1S/C24H28N6O/c1-3-31-20-7-6-17-12-19(5-4-18(17)13-20)22-21-23(25)26-15-27-24(21)30(28-22)14-16-8-10-29(2)11-9-16/h4-7,12-13,15-16H,3,8-11,14H2,1-2H3,(H2,25,26,27)/p+1. The van der Waals surface area contributed by atoms with E-state index in [9.17, 15) is 0 Å². The molecule has 4 aromatic rings. The Labute approximate surface area is 181 Å². The first-order valence-corrected chi connectivity index (χ1v) is 11.1. The van der Waals surface area contributed by atoms with Crippen molar-refractivity contribution in [2.24, 2.45) is 5.92 Å². The molecule has 1 aliphatic rings. The van der Waals surface area contributed by atoms with Gasteiger partial charge in [0.1, 0.15) is 23.6 Å². The molecule has 1 fully saturated rings. The summed E-state index contributed by atoms with van der Waals surface area (Å²) in [6, 6.07) is 12.5. The fourth-order valence-electron chi connectivity index (χ4n) is 4.58. The lowest BCUT2D eigenvalue weighted by Gasteiger charge is -2.26. The van der Waals surface area contributed by atoms with Crippen molar-refractivity contribution in [2.45, 2.75) is 26.3 Å². The fourth-order valence-corrected chi connectivity index (χ4v) is 4.58. The molecule has 0 spiro atoms. The Morgan fingerprint density at radius 3 is 2.68 bits per heavy atom. The molecule has 31 heavy (non-hydrogen) atoms. The third kappa shape index (κ3) is 3.81. The van der Waals surface area contributed by atoms with Crippen molar-refractivity contribution in [3.63, 3.8) is 0 Å². The maximum atomic E-state index is 6.30. The van der Waals surface area contributed by atoms with Gasteiger partial charge >= 0.3 is 0 Å². The molecule has 0 saturated carbocycles. The minimum Gasteiger partial charge on any atom is -0.494 e. The Kier molecular flexibility index (Phi) is 5.19. The average molecular weight is 418 g/mol. The molecule has 0 unspecified atom stereocenters. The van der Waals surface area contributed by atoms with Crippen LogP contribution in [0.4, 0.5) is 5.82 Å². The number of aromatic nitrogens is 4. The zero-order chi connectivity index (χ0) is 21.4. The van der Waals surface area contributed by atoms with E-state index in [1.54, 1.807) is 4.90 Å². The maximum Gasteiger partial charge on any atom is 0.163 e. The van der Waals surface area contributed by atoms with Crippen molar-refractivity contribution >= 4 is 27.6 Å². The minimum atomic E-state index is 0.478. The van der Waals surface area contributed by atoms with E-state index >= 15 is 0 Å². The summed E-state index contributed by atoms with van der Waals surface area (Å²) in [5, 5.41) is 8.10. The number of hydrogen-bond donors (Lipinski definition) is 2. The lowest BCUT2D eigenvalue weighted by molar-refractivity contribution is -0.886. The lowest BCUT2D eigenvalue weighted by atomic mass is 9.97. The third-order valence-corrected chi connectivity index (χ3v) is 6.34. The highest BCUT2D eigenvalue weighted by Gasteiger charge is 2.23. The van der Waals surface area contributed by atoms with Crippen molar-refractivity contribution < 1.29 is 9.64 Å². The quantitative estimate of drug-likeness (QED) is 0.521. The van der Waals surface area contributed by atoms with Crippen molar-refractivity contribution in [2.75, 3.05) is 32.5 Å². The Hall–Kier alpha value is -3.19. The molecular weight excluding hydrogens is 388 g/mol. The van der Waals surface area contributed by atoms with Gasteiger partial charge in [-0.2, -0.15) is 5.10 Å². The lowest BCUT2D eigenvalue weighted by Crippen LogP contribution is -3.10. The number of nitrogens with one attached hydrogen (secondary N) is 1. The monoisotopic (exact) mass is 417 g/mol. The molecule has 3 N–H and O–H groups in total. The molecule has 160 valence electrons. The average Bonchev–Trinajstić information content (AvgIpc) is 3.15. The van der Waals surface area contributed by atoms with Gasteiger partial charge in [-0.25, -0.2) is 14.6 Å². The van der Waals surface area contributed by atoms with Crippen LogP contribution in [0.5, 0.6) is 5.75 Å². The van der Waals surface area contributed by atoms with Crippen LogP contribution in [-0.4, -0.2) is 46.5 Å². The zero-order valence-electron chi connectivity index (χ0n) is 18.1. The SMILES string of the molecule is CCOc1ccc2cc(-c3nn(CC4CC[NH+](C)CC4)c4ncnc(N)c34)ccc2c1. The minimum absolute atomic E-state index is 0.478. The predicted molar refractivity (Wildman–Crippen MR) is 123 cm³/mol. The molecule has 0 radical (unpaired) electrons. The van der Waals surface area contributed by atoms with Gasteiger partial charge in [0, 0.05) is 24.9 Å². The Bertz CT molecular complexity index is 1230. The van der Waals surface area contributed by atoms with Gasteiger partial charge in [0.15, 0.2) is 5.65 Å². The van der Waals surface area contributed by atoms with E-state index in [2.05, 4.69) is 47.3 Å². The maximum absolute atomic E-state index is 6.30. The van der Waals surface area contributed by atoms with E-state index in [0.717, 1.165) is 45.4 Å². The van der Waals surface area contributed by atoms with Crippen LogP contribution in [0.1, 0.15) is 19.8 Å². The van der Waals surface area contributed by atoms with Crippen molar-refractivity contribution in [3.05, 3.63) is 42.7 Å². The number of fused-ring (bicyclic) bond motifs is 2. The molecule has 2 aromatic carbocycles. The zero-order valence-corrected chi connectivity index (χ0v) is 18.1. The number of anilines is 1. The number of nitrogens with zero attached hydrogens (tertiary/aromatic N) is 4. The van der Waals surface area contributed by atoms with Gasteiger partial charge in [-0.15, -0.1) is 0 Å². The summed E-state index contributed by atoms with van der Waals surface area (Å²) in [5.74, 6) is 1.98. The van der Waals surface area contributed by atoms with Gasteiger partial charge in [0.2, 0.25) is 0 Å². The van der Waals surface area contributed by atoms with Crippen LogP contribution < -0.4 is 15.4 Å². The number of ether oxygens (including phenoxy) is 1. The summed E-state index contributed by atoms with van der Waals surface area (Å²) in [7, 11) is 2.27. The Balaban J connectivity index is 1.55. The number of benzene rings is 2. The highest BCUT2D eigenvalue weighted by atomic mass is 16.5. The number of piperidine rings is 1. The Morgan fingerprint density at radius 1 is 1.10 bits per heavy atom. The number of rotatable bonds is 5. The highest BCUT2D eigenvalue weighted by Crippen LogP contribution is 2.33. The molecule has 7 nitrogen and oxygen atoms in total. The normalized spacial score (nSPS) is 19.2. The number of likely N-dealkylation sites (tertiary alicyclic amines) is 1. The first-order chi connectivity index (χ1) is 15.1. The molecule has 5 rings (SSSR count). The molecule has 2 aromatic heterocycles. The van der Waals surface area contributed by atoms with Crippen molar-refractivity contribution in [3.8, 4) is 17.0 Å². The molecule has 0 atom stereocenters. The summed E-state index contributed by atoms with van der Waals surface area (Å²) in [6.45, 7) is 5.94. The second-order valence-electron chi connectivity index (χ2n) is 8.55. The molecule has 1 aliphatic heterocycles. The van der Waals surface area contributed by atoms with Crippen LogP contribution in [0.15, 0.2) is 42.7 Å². The van der Waals surface area contributed by atoms with E-state index in [1.807, 2.05) is 17.7 Å². The van der Waals surface area contributed by atoms with Gasteiger partial charge in [-0.3, -0.25) is 0 Å². The second kappa shape index (κ2) is 8.15. The smallest absolute Gasteiger partial charge is 0.163 e. The van der Waals surface area contributed by atoms with Crippen molar-refractivity contribution in [1.29, 1.82) is 0 Å². The topological polar surface area (TPSA) is 83.3 Å². The molecule has 1 saturated heterocycles. The largest absolute Gasteiger partial charge is 0.494 e. The van der Waals surface area contributed by atoms with Gasteiger partial charge in [-0.1, -0.05) is 18.2 Å². The first kappa shape index (κ1) is 19.8. The van der Waals surface area contributed by atoms with E-state index in [1.165, 1.54) is 32.3 Å². The van der Waals surface area contributed by atoms with E-state index in [4.69, 9.17) is 15.6 Å². The molecule has 7 heteroatoms. The van der Waals surface area contributed by atoms with Gasteiger partial charge in [0.25, 0.3) is 0 Å². The molecule has 0 bridgehead atoms. The number of quaternary nitrogens is 1. The summed E-state index contributed by atoms with van der Waals surface area (Å²) < 4.78 is 7.67. The number of hydrogen-bond acceptors (Lipinski definition) is 5. The van der Waals surface area contributed by atoms with Gasteiger partial charge in [-0.05, 0) is 41.8 Å². The second-order valence-corrected chi connectivity index (χ2v) is 8.55. The van der Waals surface area contributed by atoms with Gasteiger partial charge < -0.3 is 15.4 Å². The summed E-state index contributed by atoms with van der Waals surface area (Å²) in [5.41, 5.74) is 8.99. The first-order valence-electron chi connectivity index (χ1n) is 11.1. The Morgan fingerprint density at radius 2 is 1.87 bits per heavy atom. The number of nitrogens with two attached hydrogens (primary N) is 1. The van der Waals surface area contributed by atoms with Crippen LogP contribution in [0, 0.1) is 5.92 Å². The van der Waals surface area contributed by atoms with Crippen LogP contribution in [-0.2, 0) is 6.54 Å².